The van der Waals surface area contributed by atoms with Crippen molar-refractivity contribution >= 4 is 11.9 Å². The molecule has 126 valence electrons. The molecule has 0 aromatic heterocycles. The van der Waals surface area contributed by atoms with Gasteiger partial charge in [-0.1, -0.05) is 18.2 Å². The topological polar surface area (TPSA) is 112 Å². The summed E-state index contributed by atoms with van der Waals surface area (Å²) in [6.45, 7) is 3.53. The van der Waals surface area contributed by atoms with Gasteiger partial charge in [0.25, 0.3) is 0 Å². The highest BCUT2D eigenvalue weighted by atomic mass is 16.5. The van der Waals surface area contributed by atoms with Crippen molar-refractivity contribution in [1.82, 2.24) is 0 Å². The third-order valence-corrected chi connectivity index (χ3v) is 3.56. The molecule has 0 saturated carbocycles. The Morgan fingerprint density at radius 3 is 2.58 bits per heavy atom. The van der Waals surface area contributed by atoms with Crippen LogP contribution in [-0.2, 0) is 19.1 Å². The molecule has 7 nitrogen and oxygen atoms in total. The fourth-order valence-electron chi connectivity index (χ4n) is 2.59. The molecule has 1 heterocycles. The van der Waals surface area contributed by atoms with E-state index in [4.69, 9.17) is 19.9 Å². The van der Waals surface area contributed by atoms with Gasteiger partial charge in [-0.25, -0.2) is 4.79 Å². The molecule has 2 N–H and O–H groups in total. The summed E-state index contributed by atoms with van der Waals surface area (Å²) in [5.41, 5.74) is 6.34. The highest BCUT2D eigenvalue weighted by molar-refractivity contribution is 5.93. The van der Waals surface area contributed by atoms with E-state index in [1.54, 1.807) is 38.1 Å². The third kappa shape index (κ3) is 3.18. The van der Waals surface area contributed by atoms with E-state index in [1.165, 1.54) is 0 Å². The Bertz CT molecular complexity index is 720. The fraction of sp³-hybridized carbons (Fsp3) is 0.353. The van der Waals surface area contributed by atoms with Crippen LogP contribution in [0.4, 0.5) is 0 Å². The summed E-state index contributed by atoms with van der Waals surface area (Å²) in [5, 5.41) is 9.51. The molecule has 0 radical (unpaired) electrons. The summed E-state index contributed by atoms with van der Waals surface area (Å²) in [7, 11) is 0. The van der Waals surface area contributed by atoms with Gasteiger partial charge in [-0.05, 0) is 19.9 Å². The lowest BCUT2D eigenvalue weighted by atomic mass is 9.79. The van der Waals surface area contributed by atoms with Crippen molar-refractivity contribution in [1.29, 1.82) is 5.26 Å². The maximum atomic E-state index is 12.3. The lowest BCUT2D eigenvalue weighted by Gasteiger charge is -2.29. The van der Waals surface area contributed by atoms with Crippen LogP contribution in [0.5, 0.6) is 5.75 Å². The summed E-state index contributed by atoms with van der Waals surface area (Å²) < 4.78 is 15.5. The van der Waals surface area contributed by atoms with E-state index in [-0.39, 0.29) is 24.7 Å². The van der Waals surface area contributed by atoms with E-state index < -0.39 is 23.8 Å². The predicted octanol–water partition coefficient (Wildman–Crippen LogP) is 1.60. The number of carbonyl (C=O) groups excluding carboxylic acids is 2. The second-order valence-corrected chi connectivity index (χ2v) is 4.97. The molecule has 0 fully saturated rings. The van der Waals surface area contributed by atoms with Crippen molar-refractivity contribution in [3.05, 3.63) is 41.3 Å². The Hall–Kier alpha value is -3.01. The molecule has 1 aromatic rings. The molecule has 0 amide bonds. The van der Waals surface area contributed by atoms with Crippen molar-refractivity contribution in [3.63, 3.8) is 0 Å². The number of nitrogens with two attached hydrogens (primary N) is 1. The van der Waals surface area contributed by atoms with Crippen LogP contribution < -0.4 is 10.5 Å². The summed E-state index contributed by atoms with van der Waals surface area (Å²) in [4.78, 5) is 24.5. The van der Waals surface area contributed by atoms with Crippen LogP contribution in [0, 0.1) is 17.2 Å². The van der Waals surface area contributed by atoms with E-state index in [9.17, 15) is 14.9 Å². The number of nitrogens with zero attached hydrogens (tertiary/aromatic N) is 1. The number of benzene rings is 1. The van der Waals surface area contributed by atoms with Crippen LogP contribution >= 0.6 is 0 Å². The molecule has 24 heavy (non-hydrogen) atoms. The maximum Gasteiger partial charge on any atom is 0.340 e. The Morgan fingerprint density at radius 1 is 1.29 bits per heavy atom. The molecule has 2 atom stereocenters. The van der Waals surface area contributed by atoms with Gasteiger partial charge in [-0.15, -0.1) is 0 Å². The van der Waals surface area contributed by atoms with Crippen LogP contribution in [0.15, 0.2) is 35.7 Å². The second kappa shape index (κ2) is 7.51. The monoisotopic (exact) mass is 330 g/mol. The zero-order valence-corrected chi connectivity index (χ0v) is 13.4. The predicted molar refractivity (Wildman–Crippen MR) is 83.4 cm³/mol. The number of hydrogen-bond acceptors (Lipinski definition) is 7. The number of rotatable bonds is 5. The van der Waals surface area contributed by atoms with Crippen molar-refractivity contribution in [2.24, 2.45) is 11.7 Å². The average Bonchev–Trinajstić information content (AvgIpc) is 2.55. The number of para-hydroxylation sites is 1. The molecule has 2 rings (SSSR count). The Kier molecular flexibility index (Phi) is 5.42. The first-order valence-electron chi connectivity index (χ1n) is 7.54. The molecule has 7 heteroatoms. The van der Waals surface area contributed by atoms with Gasteiger partial charge in [-0.2, -0.15) is 5.26 Å². The first kappa shape index (κ1) is 17.3. The molecule has 1 aliphatic heterocycles. The zero-order chi connectivity index (χ0) is 17.7. The van der Waals surface area contributed by atoms with Crippen molar-refractivity contribution in [2.75, 3.05) is 13.2 Å². The standard InChI is InChI=1S/C17H18N2O5/c1-3-22-16(20)11(9-18)13-10-7-5-6-8-12(10)24-15(19)14(13)17(21)23-4-2/h5-8,11,13H,3-4,19H2,1-2H3/t11-,13+/m0/s1. The molecular weight excluding hydrogens is 312 g/mol. The Morgan fingerprint density at radius 2 is 1.96 bits per heavy atom. The number of hydrogen-bond donors (Lipinski definition) is 1. The van der Waals surface area contributed by atoms with Crippen LogP contribution in [0.1, 0.15) is 25.3 Å². The number of nitriles is 1. The highest BCUT2D eigenvalue weighted by Crippen LogP contribution is 2.43. The fourth-order valence-corrected chi connectivity index (χ4v) is 2.59. The average molecular weight is 330 g/mol. The minimum Gasteiger partial charge on any atom is -0.465 e. The molecule has 0 saturated heterocycles. The first-order valence-corrected chi connectivity index (χ1v) is 7.54. The second-order valence-electron chi connectivity index (χ2n) is 4.97. The van der Waals surface area contributed by atoms with E-state index in [0.29, 0.717) is 11.3 Å². The lowest BCUT2D eigenvalue weighted by Crippen LogP contribution is -2.33. The third-order valence-electron chi connectivity index (χ3n) is 3.56. The van der Waals surface area contributed by atoms with Crippen molar-refractivity contribution in [3.8, 4) is 11.8 Å². The van der Waals surface area contributed by atoms with Gasteiger partial charge in [0.05, 0.1) is 25.2 Å². The highest BCUT2D eigenvalue weighted by Gasteiger charge is 2.43. The quantitative estimate of drug-likeness (QED) is 0.816. The summed E-state index contributed by atoms with van der Waals surface area (Å²) in [5.74, 6) is -3.40. The summed E-state index contributed by atoms with van der Waals surface area (Å²) in [6.07, 6.45) is 0. The largest absolute Gasteiger partial charge is 0.465 e. The van der Waals surface area contributed by atoms with Gasteiger partial charge in [0, 0.05) is 5.56 Å². The van der Waals surface area contributed by atoms with Crippen LogP contribution in [0.2, 0.25) is 0 Å². The normalized spacial score (nSPS) is 17.1. The first-order chi connectivity index (χ1) is 11.5. The zero-order valence-electron chi connectivity index (χ0n) is 13.4. The minimum atomic E-state index is -1.24. The number of fused-ring (bicyclic) bond motifs is 1. The molecule has 1 aliphatic rings. The molecule has 0 bridgehead atoms. The van der Waals surface area contributed by atoms with E-state index in [0.717, 1.165) is 0 Å². The summed E-state index contributed by atoms with van der Waals surface area (Å²) >= 11 is 0. The number of esters is 2. The van der Waals surface area contributed by atoms with Gasteiger partial charge in [0.15, 0.2) is 5.92 Å². The van der Waals surface area contributed by atoms with Gasteiger partial charge in [0.2, 0.25) is 5.88 Å². The molecule has 0 spiro atoms. The van der Waals surface area contributed by atoms with E-state index in [2.05, 4.69) is 0 Å². The van der Waals surface area contributed by atoms with Gasteiger partial charge in [0.1, 0.15) is 11.3 Å². The SMILES string of the molecule is CCOC(=O)C1=C(N)Oc2ccccc2[C@@H]1[C@H](C#N)C(=O)OCC. The van der Waals surface area contributed by atoms with Gasteiger partial charge >= 0.3 is 11.9 Å². The maximum absolute atomic E-state index is 12.3. The van der Waals surface area contributed by atoms with E-state index >= 15 is 0 Å². The smallest absolute Gasteiger partial charge is 0.340 e. The van der Waals surface area contributed by atoms with Gasteiger partial charge < -0.3 is 19.9 Å². The van der Waals surface area contributed by atoms with Crippen LogP contribution in [0.3, 0.4) is 0 Å². The van der Waals surface area contributed by atoms with Crippen LogP contribution in [0.25, 0.3) is 0 Å². The minimum absolute atomic E-state index is 0.0462. The summed E-state index contributed by atoms with van der Waals surface area (Å²) in [6, 6.07) is 8.69. The van der Waals surface area contributed by atoms with Crippen LogP contribution in [-0.4, -0.2) is 25.2 Å². The molecule has 1 aromatic carbocycles. The molecule has 0 unspecified atom stereocenters. The molecular formula is C17H18N2O5. The Labute approximate surface area is 139 Å². The molecule has 0 aliphatic carbocycles. The lowest BCUT2D eigenvalue weighted by molar-refractivity contribution is -0.146. The van der Waals surface area contributed by atoms with E-state index in [1.807, 2.05) is 6.07 Å². The Balaban J connectivity index is 2.58. The van der Waals surface area contributed by atoms with Crippen molar-refractivity contribution < 1.29 is 23.8 Å². The van der Waals surface area contributed by atoms with Gasteiger partial charge in [-0.3, -0.25) is 4.79 Å². The van der Waals surface area contributed by atoms with Crippen molar-refractivity contribution in [2.45, 2.75) is 19.8 Å². The number of carbonyl (C=O) groups is 2. The number of ether oxygens (including phenoxy) is 3.